The molecule has 0 rings (SSSR count). The van der Waals surface area contributed by atoms with Crippen molar-refractivity contribution in [1.82, 2.24) is 5.32 Å². The standard InChI is InChI=1S/C59H111NO4/c1-3-5-7-9-11-13-15-17-19-21-22-23-24-25-26-27-28-29-30-31-32-33-34-35-36-37-38-40-42-44-46-48-50-52-56(62)54-59(64)60-57(55-61)58(63)53-51-49-47-45-43-41-39-20-18-16-14-12-10-8-6-4-2/h24-25,27-28,43,45,51,53,56-58,61-63H,3-23,26,29-42,44,46-50,52,54-55H2,1-2H3,(H,60,64)/b25-24-,28-27-,45-43+,53-51+. The van der Waals surface area contributed by atoms with Crippen LogP contribution >= 0.6 is 0 Å². The van der Waals surface area contributed by atoms with Crippen molar-refractivity contribution in [1.29, 1.82) is 0 Å². The topological polar surface area (TPSA) is 89.8 Å². The second-order valence-electron chi connectivity index (χ2n) is 19.5. The number of hydrogen-bond donors (Lipinski definition) is 4. The molecule has 0 aliphatic heterocycles. The molecule has 0 aromatic carbocycles. The molecule has 0 aromatic heterocycles. The molecule has 0 saturated carbocycles. The Hall–Kier alpha value is -1.69. The molecule has 4 N–H and O–H groups in total. The van der Waals surface area contributed by atoms with E-state index in [2.05, 4.69) is 55.6 Å². The van der Waals surface area contributed by atoms with Crippen LogP contribution in [-0.2, 0) is 4.79 Å². The lowest BCUT2D eigenvalue weighted by molar-refractivity contribution is -0.124. The average molecular weight is 899 g/mol. The Bertz CT molecular complexity index is 1040. The smallest absolute Gasteiger partial charge is 0.222 e. The molecule has 3 atom stereocenters. The summed E-state index contributed by atoms with van der Waals surface area (Å²) in [5, 5.41) is 33.4. The summed E-state index contributed by atoms with van der Waals surface area (Å²) in [5.74, 6) is -0.323. The molecule has 0 heterocycles. The predicted octanol–water partition coefficient (Wildman–Crippen LogP) is 17.6. The van der Waals surface area contributed by atoms with E-state index in [1.807, 2.05) is 6.08 Å². The normalized spacial score (nSPS) is 13.6. The van der Waals surface area contributed by atoms with Gasteiger partial charge in [0.2, 0.25) is 5.91 Å². The lowest BCUT2D eigenvalue weighted by Gasteiger charge is -2.21. The predicted molar refractivity (Wildman–Crippen MR) is 282 cm³/mol. The van der Waals surface area contributed by atoms with Crippen molar-refractivity contribution in [2.75, 3.05) is 6.61 Å². The average Bonchev–Trinajstić information content (AvgIpc) is 3.29. The van der Waals surface area contributed by atoms with E-state index >= 15 is 0 Å². The zero-order valence-corrected chi connectivity index (χ0v) is 42.9. The van der Waals surface area contributed by atoms with Crippen LogP contribution in [0.3, 0.4) is 0 Å². The first-order chi connectivity index (χ1) is 31.5. The van der Waals surface area contributed by atoms with E-state index in [0.29, 0.717) is 6.42 Å². The third-order valence-electron chi connectivity index (χ3n) is 13.1. The third kappa shape index (κ3) is 49.7. The monoisotopic (exact) mass is 898 g/mol. The number of nitrogens with one attached hydrogen (secondary N) is 1. The van der Waals surface area contributed by atoms with Crippen LogP contribution in [0.1, 0.15) is 296 Å². The summed E-state index contributed by atoms with van der Waals surface area (Å²) in [7, 11) is 0. The van der Waals surface area contributed by atoms with E-state index in [9.17, 15) is 20.1 Å². The van der Waals surface area contributed by atoms with Gasteiger partial charge in [-0.05, 0) is 64.2 Å². The van der Waals surface area contributed by atoms with Crippen molar-refractivity contribution in [3.8, 4) is 0 Å². The molecule has 376 valence electrons. The van der Waals surface area contributed by atoms with Gasteiger partial charge in [0, 0.05) is 0 Å². The van der Waals surface area contributed by atoms with E-state index in [4.69, 9.17) is 0 Å². The second-order valence-corrected chi connectivity index (χ2v) is 19.5. The van der Waals surface area contributed by atoms with Crippen LogP contribution in [0, 0.1) is 0 Å². The van der Waals surface area contributed by atoms with Crippen LogP contribution in [0.5, 0.6) is 0 Å². The lowest BCUT2D eigenvalue weighted by Crippen LogP contribution is -2.45. The molecule has 0 saturated heterocycles. The van der Waals surface area contributed by atoms with E-state index in [1.54, 1.807) is 6.08 Å². The third-order valence-corrected chi connectivity index (χ3v) is 13.1. The molecule has 0 radical (unpaired) electrons. The number of rotatable bonds is 52. The number of aliphatic hydroxyl groups excluding tert-OH is 3. The van der Waals surface area contributed by atoms with Crippen molar-refractivity contribution in [3.63, 3.8) is 0 Å². The summed E-state index contributed by atoms with van der Waals surface area (Å²) in [6.07, 6.45) is 71.7. The zero-order chi connectivity index (χ0) is 46.5. The fourth-order valence-corrected chi connectivity index (χ4v) is 8.74. The summed E-state index contributed by atoms with van der Waals surface area (Å²) in [5.41, 5.74) is 0. The van der Waals surface area contributed by atoms with Gasteiger partial charge in [-0.25, -0.2) is 0 Å². The highest BCUT2D eigenvalue weighted by molar-refractivity contribution is 5.76. The van der Waals surface area contributed by atoms with E-state index < -0.39 is 18.2 Å². The molecule has 0 aliphatic rings. The molecule has 1 amide bonds. The highest BCUT2D eigenvalue weighted by Crippen LogP contribution is 2.17. The van der Waals surface area contributed by atoms with Gasteiger partial charge in [0.25, 0.3) is 0 Å². The van der Waals surface area contributed by atoms with Crippen molar-refractivity contribution in [2.24, 2.45) is 0 Å². The van der Waals surface area contributed by atoms with Crippen molar-refractivity contribution >= 4 is 5.91 Å². The Morgan fingerprint density at radius 3 is 1.09 bits per heavy atom. The Morgan fingerprint density at radius 1 is 0.406 bits per heavy atom. The van der Waals surface area contributed by atoms with Crippen LogP contribution in [0.4, 0.5) is 0 Å². The van der Waals surface area contributed by atoms with Gasteiger partial charge >= 0.3 is 0 Å². The Labute approximate surface area is 399 Å². The number of carbonyl (C=O) groups is 1. The molecule has 0 aromatic rings. The van der Waals surface area contributed by atoms with Gasteiger partial charge in [-0.15, -0.1) is 0 Å². The minimum absolute atomic E-state index is 0.00613. The van der Waals surface area contributed by atoms with E-state index in [0.717, 1.165) is 38.5 Å². The SMILES string of the molecule is CCCCCCCCCCCC/C=C/CC/C=C/C(O)C(CO)NC(=O)CC(O)CCCCCCCCCCCCCCCCC/C=C\C/C=C\CCCCCCCCCCCCC. The van der Waals surface area contributed by atoms with Gasteiger partial charge in [-0.2, -0.15) is 0 Å². The van der Waals surface area contributed by atoms with Gasteiger partial charge in [0.1, 0.15) is 0 Å². The van der Waals surface area contributed by atoms with E-state index in [-0.39, 0.29) is 18.9 Å². The Balaban J connectivity index is 3.55. The van der Waals surface area contributed by atoms with Gasteiger partial charge < -0.3 is 20.6 Å². The first-order valence-electron chi connectivity index (χ1n) is 28.4. The molecule has 3 unspecified atom stereocenters. The van der Waals surface area contributed by atoms with Gasteiger partial charge in [-0.3, -0.25) is 4.79 Å². The maximum Gasteiger partial charge on any atom is 0.222 e. The maximum absolute atomic E-state index is 12.5. The van der Waals surface area contributed by atoms with Gasteiger partial charge in [-0.1, -0.05) is 274 Å². The first kappa shape index (κ1) is 62.3. The molecule has 64 heavy (non-hydrogen) atoms. The number of aliphatic hydroxyl groups is 3. The van der Waals surface area contributed by atoms with Crippen molar-refractivity contribution in [3.05, 3.63) is 48.6 Å². The maximum atomic E-state index is 12.5. The highest BCUT2D eigenvalue weighted by Gasteiger charge is 2.20. The molecule has 5 nitrogen and oxygen atoms in total. The zero-order valence-electron chi connectivity index (χ0n) is 42.9. The van der Waals surface area contributed by atoms with Crippen LogP contribution in [-0.4, -0.2) is 46.1 Å². The summed E-state index contributed by atoms with van der Waals surface area (Å²) < 4.78 is 0. The number of carbonyl (C=O) groups excluding carboxylic acids is 1. The van der Waals surface area contributed by atoms with Crippen molar-refractivity contribution in [2.45, 2.75) is 315 Å². The molecule has 0 fully saturated rings. The fraction of sp³-hybridized carbons (Fsp3) is 0.847. The summed E-state index contributed by atoms with van der Waals surface area (Å²) in [6.45, 7) is 4.22. The number of hydrogen-bond acceptors (Lipinski definition) is 4. The second kappa shape index (κ2) is 53.9. The minimum Gasteiger partial charge on any atom is -0.394 e. The number of amides is 1. The minimum atomic E-state index is -0.952. The van der Waals surface area contributed by atoms with Gasteiger partial charge in [0.15, 0.2) is 0 Å². The van der Waals surface area contributed by atoms with Crippen molar-refractivity contribution < 1.29 is 20.1 Å². The first-order valence-corrected chi connectivity index (χ1v) is 28.4. The molecule has 5 heteroatoms. The quantitative estimate of drug-likeness (QED) is 0.0362. The Kier molecular flexibility index (Phi) is 52.5. The summed E-state index contributed by atoms with van der Waals surface area (Å²) in [4.78, 5) is 12.5. The van der Waals surface area contributed by atoms with Crippen LogP contribution in [0.15, 0.2) is 48.6 Å². The molecule has 0 spiro atoms. The highest BCUT2D eigenvalue weighted by atomic mass is 16.3. The van der Waals surface area contributed by atoms with Gasteiger partial charge in [0.05, 0.1) is 31.3 Å². The lowest BCUT2D eigenvalue weighted by atomic mass is 10.0. The summed E-state index contributed by atoms with van der Waals surface area (Å²) in [6, 6.07) is -0.762. The van der Waals surface area contributed by atoms with Crippen LogP contribution in [0.25, 0.3) is 0 Å². The number of unbranched alkanes of at least 4 members (excludes halogenated alkanes) is 37. The van der Waals surface area contributed by atoms with E-state index in [1.165, 1.54) is 231 Å². The van der Waals surface area contributed by atoms with Crippen LogP contribution in [0.2, 0.25) is 0 Å². The molecular formula is C59H111NO4. The molecule has 0 bridgehead atoms. The number of allylic oxidation sites excluding steroid dienone is 7. The molecular weight excluding hydrogens is 787 g/mol. The molecule has 0 aliphatic carbocycles. The largest absolute Gasteiger partial charge is 0.394 e. The Morgan fingerprint density at radius 2 is 0.719 bits per heavy atom. The summed E-state index contributed by atoms with van der Waals surface area (Å²) >= 11 is 0. The van der Waals surface area contributed by atoms with Crippen LogP contribution < -0.4 is 5.32 Å². The fourth-order valence-electron chi connectivity index (χ4n) is 8.74.